The van der Waals surface area contributed by atoms with Crippen molar-refractivity contribution in [2.45, 2.75) is 28.5 Å². The highest BCUT2D eigenvalue weighted by Gasteiger charge is 2.76. The largest absolute Gasteiger partial charge is 0.508 e. The number of phenolic OH excluding ortho intramolecular Hbond substituents is 1. The predicted molar refractivity (Wildman–Crippen MR) is 152 cm³/mol. The summed E-state index contributed by atoms with van der Waals surface area (Å²) in [6, 6.07) is 9.23. The van der Waals surface area contributed by atoms with E-state index in [1.165, 1.54) is 42.5 Å². The second-order valence-corrected chi connectivity index (χ2v) is 12.6. The number of alkyl halides is 3. The lowest BCUT2D eigenvalue weighted by Crippen LogP contribution is -2.60. The minimum absolute atomic E-state index is 0.0802. The van der Waals surface area contributed by atoms with Gasteiger partial charge in [-0.1, -0.05) is 45.2 Å². The minimum atomic E-state index is -2.01. The maximum absolute atomic E-state index is 14.0. The van der Waals surface area contributed by atoms with Crippen LogP contribution >= 0.6 is 50.7 Å². The molecule has 6 rings (SSSR count). The van der Waals surface area contributed by atoms with Crippen molar-refractivity contribution in [1.29, 1.82) is 0 Å². The van der Waals surface area contributed by atoms with E-state index in [0.717, 1.165) is 9.80 Å². The van der Waals surface area contributed by atoms with E-state index in [4.69, 9.17) is 34.8 Å². The fourth-order valence-electron chi connectivity index (χ4n) is 6.83. The summed E-state index contributed by atoms with van der Waals surface area (Å²) in [4.78, 5) is 63.4. The number of carbonyl (C=O) groups is 4. The number of aromatic hydroxyl groups is 1. The summed E-state index contributed by atoms with van der Waals surface area (Å²) < 4.78 is 0. The van der Waals surface area contributed by atoms with Crippen molar-refractivity contribution in [1.82, 2.24) is 4.90 Å². The van der Waals surface area contributed by atoms with E-state index in [2.05, 4.69) is 15.9 Å². The monoisotopic (exact) mass is 681 g/mol. The summed E-state index contributed by atoms with van der Waals surface area (Å²) in [6.07, 6.45) is 1.71. The molecular formula is C27H19BrCl3N3O7. The number of nitrogens with zero attached hydrogens (tertiary/aromatic N) is 3. The molecule has 4 amide bonds. The van der Waals surface area contributed by atoms with E-state index >= 15 is 0 Å². The summed E-state index contributed by atoms with van der Waals surface area (Å²) in [5.74, 6) is -6.17. The Morgan fingerprint density at radius 3 is 2.32 bits per heavy atom. The zero-order valence-corrected chi connectivity index (χ0v) is 24.7. The number of phenols is 1. The fraction of sp³-hybridized carbons (Fsp3) is 0.333. The van der Waals surface area contributed by atoms with Crippen LogP contribution in [0.4, 0.5) is 11.4 Å². The summed E-state index contributed by atoms with van der Waals surface area (Å²) >= 11 is 24.0. The molecule has 1 saturated carbocycles. The van der Waals surface area contributed by atoms with Crippen molar-refractivity contribution >= 4 is 85.7 Å². The first kappa shape index (κ1) is 28.1. The van der Waals surface area contributed by atoms with Gasteiger partial charge in [-0.25, -0.2) is 0 Å². The molecule has 2 saturated heterocycles. The molecule has 0 unspecified atom stereocenters. The van der Waals surface area contributed by atoms with Gasteiger partial charge in [0.25, 0.3) is 17.5 Å². The first-order chi connectivity index (χ1) is 19.4. The molecule has 41 heavy (non-hydrogen) atoms. The number of amides is 4. The molecule has 4 aliphatic rings. The second-order valence-electron chi connectivity index (χ2n) is 10.5. The Morgan fingerprint density at radius 1 is 1.02 bits per heavy atom. The fourth-order valence-corrected chi connectivity index (χ4v) is 8.53. The average Bonchev–Trinajstić information content (AvgIpc) is 3.27. The van der Waals surface area contributed by atoms with Gasteiger partial charge in [-0.05, 0) is 48.6 Å². The van der Waals surface area contributed by atoms with Crippen LogP contribution in [-0.4, -0.2) is 53.8 Å². The smallest absolute Gasteiger partial charge is 0.269 e. The van der Waals surface area contributed by atoms with Crippen molar-refractivity contribution in [2.75, 3.05) is 10.4 Å². The number of hydrogen-bond donors (Lipinski definition) is 1. The number of benzene rings is 2. The number of hydrogen-bond acceptors (Lipinski definition) is 7. The quantitative estimate of drug-likeness (QED) is 0.121. The normalized spacial score (nSPS) is 32.5. The van der Waals surface area contributed by atoms with Crippen LogP contribution in [0.5, 0.6) is 5.75 Å². The Kier molecular flexibility index (Phi) is 6.53. The number of non-ortho nitro benzene ring substituents is 1. The highest BCUT2D eigenvalue weighted by molar-refractivity contribution is 9.09. The lowest BCUT2D eigenvalue weighted by atomic mass is 9.56. The van der Waals surface area contributed by atoms with Gasteiger partial charge in [-0.3, -0.25) is 39.1 Å². The Hall–Kier alpha value is -2.99. The van der Waals surface area contributed by atoms with Gasteiger partial charge in [0.05, 0.1) is 27.9 Å². The van der Waals surface area contributed by atoms with E-state index < -0.39 is 62.0 Å². The van der Waals surface area contributed by atoms with Gasteiger partial charge in [-0.2, -0.15) is 0 Å². The topological polar surface area (TPSA) is 138 Å². The van der Waals surface area contributed by atoms with Crippen LogP contribution in [-0.2, 0) is 19.2 Å². The summed E-state index contributed by atoms with van der Waals surface area (Å²) in [5, 5.41) is 21.2. The number of carbonyl (C=O) groups excluding carboxylic acids is 4. The third kappa shape index (κ3) is 3.68. The van der Waals surface area contributed by atoms with E-state index in [1.54, 1.807) is 6.08 Å². The van der Waals surface area contributed by atoms with Crippen LogP contribution in [0.25, 0.3) is 0 Å². The third-order valence-electron chi connectivity index (χ3n) is 8.63. The van der Waals surface area contributed by atoms with Gasteiger partial charge in [0, 0.05) is 23.1 Å². The molecule has 10 nitrogen and oxygen atoms in total. The van der Waals surface area contributed by atoms with Crippen molar-refractivity contribution in [2.24, 2.45) is 17.8 Å². The number of imide groups is 2. The summed E-state index contributed by atoms with van der Waals surface area (Å²) in [5.41, 5.74) is 0.707. The molecule has 6 atom stereocenters. The molecule has 212 valence electrons. The molecule has 3 fully saturated rings. The van der Waals surface area contributed by atoms with Gasteiger partial charge in [0.2, 0.25) is 11.8 Å². The van der Waals surface area contributed by atoms with Gasteiger partial charge in [-0.15, -0.1) is 23.2 Å². The zero-order chi connectivity index (χ0) is 29.6. The van der Waals surface area contributed by atoms with Crippen molar-refractivity contribution in [3.8, 4) is 5.75 Å². The number of likely N-dealkylation sites (tertiary alicyclic amines) is 1. The van der Waals surface area contributed by atoms with Crippen molar-refractivity contribution in [3.63, 3.8) is 0 Å². The lowest BCUT2D eigenvalue weighted by molar-refractivity contribution is -0.384. The Balaban J connectivity index is 1.50. The number of nitro groups is 1. The van der Waals surface area contributed by atoms with E-state index in [1.807, 2.05) is 0 Å². The molecule has 2 aliphatic heterocycles. The minimum Gasteiger partial charge on any atom is -0.508 e. The molecule has 0 spiro atoms. The molecule has 0 radical (unpaired) electrons. The molecule has 2 aromatic carbocycles. The predicted octanol–water partition coefficient (Wildman–Crippen LogP) is 4.87. The van der Waals surface area contributed by atoms with E-state index in [9.17, 15) is 34.4 Å². The molecule has 14 heteroatoms. The standard InChI is InChI=1S/C27H19BrCl3N3O7/c28-11-32-24(38)26(30)10-18-15(21(27(26,31)25(32)39)16-6-5-14(35)9-19(16)29)7-8-17-20(18)23(37)33(22(17)36)12-1-3-13(4-2-12)34(40)41/h1-7,9,17-18,20-21,35H,8,10-11H2/t17-,18+,20-,21+,26+,27-/m0/s1. The van der Waals surface area contributed by atoms with Gasteiger partial charge < -0.3 is 5.11 Å². The number of nitro benzene ring substituents is 1. The Morgan fingerprint density at radius 2 is 1.71 bits per heavy atom. The van der Waals surface area contributed by atoms with Crippen molar-refractivity contribution in [3.05, 3.63) is 74.8 Å². The number of allylic oxidation sites excluding steroid dienone is 2. The van der Waals surface area contributed by atoms with Crippen molar-refractivity contribution < 1.29 is 29.2 Å². The molecule has 0 aromatic heterocycles. The average molecular weight is 684 g/mol. The maximum atomic E-state index is 14.0. The van der Waals surface area contributed by atoms with Crippen LogP contribution in [0.3, 0.4) is 0 Å². The highest BCUT2D eigenvalue weighted by Crippen LogP contribution is 2.66. The summed E-state index contributed by atoms with van der Waals surface area (Å²) in [7, 11) is 0. The lowest BCUT2D eigenvalue weighted by Gasteiger charge is -2.51. The number of anilines is 1. The zero-order valence-electron chi connectivity index (χ0n) is 20.8. The molecule has 2 heterocycles. The van der Waals surface area contributed by atoms with Gasteiger partial charge >= 0.3 is 0 Å². The SMILES string of the molecule is O=C1[C@H]2[C@H](CC=C3[C@H]2C[C@@]2(Cl)C(=O)N(CBr)C(=O)[C@@]2(Cl)[C@H]3c2ccc(O)cc2Cl)C(=O)N1c1ccc([N+](=O)[O-])cc1. The number of halogens is 4. The maximum Gasteiger partial charge on any atom is 0.269 e. The highest BCUT2D eigenvalue weighted by atomic mass is 79.9. The Labute approximate surface area is 256 Å². The summed E-state index contributed by atoms with van der Waals surface area (Å²) in [6.45, 7) is 0. The van der Waals surface area contributed by atoms with Gasteiger partial charge in [0.15, 0.2) is 9.75 Å². The van der Waals surface area contributed by atoms with Crippen LogP contribution in [0.2, 0.25) is 5.02 Å². The molecule has 2 aromatic rings. The molecule has 0 bridgehead atoms. The third-order valence-corrected chi connectivity index (χ3v) is 10.9. The second kappa shape index (κ2) is 9.52. The van der Waals surface area contributed by atoms with Crippen LogP contribution in [0.15, 0.2) is 54.1 Å². The first-order valence-corrected chi connectivity index (χ1v) is 14.7. The van der Waals surface area contributed by atoms with Crippen LogP contribution in [0, 0.1) is 27.9 Å². The number of rotatable bonds is 4. The van der Waals surface area contributed by atoms with E-state index in [-0.39, 0.29) is 40.4 Å². The first-order valence-electron chi connectivity index (χ1n) is 12.5. The molecule has 1 N–H and O–H groups in total. The van der Waals surface area contributed by atoms with Crippen LogP contribution in [0.1, 0.15) is 24.3 Å². The van der Waals surface area contributed by atoms with Crippen LogP contribution < -0.4 is 4.90 Å². The number of fused-ring (bicyclic) bond motifs is 4. The van der Waals surface area contributed by atoms with Gasteiger partial charge in [0.1, 0.15) is 5.75 Å². The molecule has 2 aliphatic carbocycles. The Bertz CT molecular complexity index is 1600. The molecular weight excluding hydrogens is 665 g/mol. The van der Waals surface area contributed by atoms with E-state index in [0.29, 0.717) is 11.1 Å².